The number of rotatable bonds is 10. The summed E-state index contributed by atoms with van der Waals surface area (Å²) in [6.07, 6.45) is 11.7. The molecule has 0 saturated heterocycles. The van der Waals surface area contributed by atoms with Crippen molar-refractivity contribution in [2.75, 3.05) is 6.61 Å². The van der Waals surface area contributed by atoms with Gasteiger partial charge in [-0.25, -0.2) is 0 Å². The van der Waals surface area contributed by atoms with E-state index in [-0.39, 0.29) is 23.6 Å². The Labute approximate surface area is 133 Å². The van der Waals surface area contributed by atoms with Crippen LogP contribution in [0.4, 0.5) is 0 Å². The summed E-state index contributed by atoms with van der Waals surface area (Å²) in [5, 5.41) is 9.91. The first-order chi connectivity index (χ1) is 10.5. The molecule has 0 amide bonds. The van der Waals surface area contributed by atoms with Crippen LogP contribution in [0.3, 0.4) is 0 Å². The Balaban J connectivity index is 2.06. The second-order valence-electron chi connectivity index (χ2n) is 5.84. The molecule has 0 aromatic carbocycles. The fourth-order valence-electron chi connectivity index (χ4n) is 2.51. The maximum absolute atomic E-state index is 11.4. The van der Waals surface area contributed by atoms with Crippen LogP contribution < -0.4 is 0 Å². The number of ketones is 1. The van der Waals surface area contributed by atoms with Crippen LogP contribution >= 0.6 is 0 Å². The molecule has 4 nitrogen and oxygen atoms in total. The zero-order valence-electron chi connectivity index (χ0n) is 13.7. The third-order valence-corrected chi connectivity index (χ3v) is 4.00. The minimum Gasteiger partial charge on any atom is -0.466 e. The van der Waals surface area contributed by atoms with E-state index in [2.05, 4.69) is 0 Å². The van der Waals surface area contributed by atoms with Crippen LogP contribution in [-0.2, 0) is 14.3 Å². The second-order valence-corrected chi connectivity index (χ2v) is 5.84. The summed E-state index contributed by atoms with van der Waals surface area (Å²) in [6.45, 7) is 4.16. The number of ether oxygens (including phenoxy) is 1. The van der Waals surface area contributed by atoms with Gasteiger partial charge >= 0.3 is 5.97 Å². The van der Waals surface area contributed by atoms with E-state index in [4.69, 9.17) is 4.74 Å². The van der Waals surface area contributed by atoms with Gasteiger partial charge in [0.05, 0.1) is 12.7 Å². The van der Waals surface area contributed by atoms with Gasteiger partial charge < -0.3 is 9.84 Å². The zero-order valence-corrected chi connectivity index (χ0v) is 13.7. The molecule has 1 aliphatic carbocycles. The summed E-state index contributed by atoms with van der Waals surface area (Å²) in [6, 6.07) is 0. The molecular weight excluding hydrogens is 280 g/mol. The monoisotopic (exact) mass is 308 g/mol. The maximum atomic E-state index is 11.4. The van der Waals surface area contributed by atoms with Crippen molar-refractivity contribution in [1.82, 2.24) is 0 Å². The Morgan fingerprint density at radius 2 is 2.09 bits per heavy atom. The lowest BCUT2D eigenvalue weighted by atomic mass is 9.96. The number of aliphatic hydroxyl groups excluding tert-OH is 1. The number of unbranched alkanes of at least 4 members (excludes halogenated alkanes) is 3. The first-order valence-corrected chi connectivity index (χ1v) is 8.28. The average Bonchev–Trinajstić information content (AvgIpc) is 2.80. The molecule has 22 heavy (non-hydrogen) atoms. The summed E-state index contributed by atoms with van der Waals surface area (Å²) in [4.78, 5) is 22.5. The van der Waals surface area contributed by atoms with Gasteiger partial charge in [0.15, 0.2) is 5.78 Å². The molecule has 0 radical (unpaired) electrons. The number of hydrogen-bond acceptors (Lipinski definition) is 4. The van der Waals surface area contributed by atoms with Crippen LogP contribution in [0.25, 0.3) is 0 Å². The first-order valence-electron chi connectivity index (χ1n) is 8.28. The van der Waals surface area contributed by atoms with Gasteiger partial charge in [-0.1, -0.05) is 44.4 Å². The molecule has 0 aliphatic heterocycles. The number of aliphatic hydroxyl groups is 1. The number of esters is 1. The van der Waals surface area contributed by atoms with Crippen molar-refractivity contribution in [2.45, 2.75) is 58.5 Å². The van der Waals surface area contributed by atoms with E-state index >= 15 is 0 Å². The van der Waals surface area contributed by atoms with E-state index in [1.807, 2.05) is 26.0 Å². The molecule has 0 bridgehead atoms. The van der Waals surface area contributed by atoms with Gasteiger partial charge in [0.25, 0.3) is 0 Å². The molecule has 1 rings (SSSR count). The third-order valence-electron chi connectivity index (χ3n) is 4.00. The summed E-state index contributed by atoms with van der Waals surface area (Å²) >= 11 is 0. The first kappa shape index (κ1) is 18.6. The molecular formula is C18H28O4. The second kappa shape index (κ2) is 10.3. The number of carbonyl (C=O) groups is 2. The Hall–Kier alpha value is -1.42. The van der Waals surface area contributed by atoms with Crippen LogP contribution in [0.5, 0.6) is 0 Å². The van der Waals surface area contributed by atoms with Crippen LogP contribution in [0.1, 0.15) is 52.4 Å². The predicted octanol–water partition coefficient (Wildman–Crippen LogP) is 3.20. The fourth-order valence-corrected chi connectivity index (χ4v) is 2.51. The fraction of sp³-hybridized carbons (Fsp3) is 0.667. The van der Waals surface area contributed by atoms with E-state index in [0.717, 1.165) is 25.7 Å². The van der Waals surface area contributed by atoms with Crippen LogP contribution in [-0.4, -0.2) is 29.6 Å². The van der Waals surface area contributed by atoms with Crippen molar-refractivity contribution in [2.24, 2.45) is 11.8 Å². The molecule has 0 fully saturated rings. The minimum atomic E-state index is -0.457. The molecule has 1 N–H and O–H groups in total. The van der Waals surface area contributed by atoms with Gasteiger partial charge in [-0.05, 0) is 25.8 Å². The van der Waals surface area contributed by atoms with Gasteiger partial charge in [-0.15, -0.1) is 0 Å². The average molecular weight is 308 g/mol. The molecule has 124 valence electrons. The molecule has 1 aliphatic rings. The Bertz CT molecular complexity index is 411. The lowest BCUT2D eigenvalue weighted by molar-refractivity contribution is -0.143. The van der Waals surface area contributed by atoms with E-state index in [1.54, 1.807) is 12.2 Å². The lowest BCUT2D eigenvalue weighted by Gasteiger charge is -2.10. The van der Waals surface area contributed by atoms with Gasteiger partial charge in [0.1, 0.15) is 0 Å². The van der Waals surface area contributed by atoms with E-state index in [0.29, 0.717) is 19.4 Å². The summed E-state index contributed by atoms with van der Waals surface area (Å²) in [5.41, 5.74) is 0. The number of hydrogen-bond donors (Lipinski definition) is 1. The van der Waals surface area contributed by atoms with Gasteiger partial charge in [-0.3, -0.25) is 9.59 Å². The van der Waals surface area contributed by atoms with Crippen molar-refractivity contribution in [3.8, 4) is 0 Å². The maximum Gasteiger partial charge on any atom is 0.305 e. The summed E-state index contributed by atoms with van der Waals surface area (Å²) < 4.78 is 4.87. The smallest absolute Gasteiger partial charge is 0.305 e. The summed E-state index contributed by atoms with van der Waals surface area (Å²) in [7, 11) is 0. The normalized spacial score (nSPS) is 22.4. The Kier molecular flexibility index (Phi) is 8.75. The third kappa shape index (κ3) is 7.03. The van der Waals surface area contributed by atoms with Crippen molar-refractivity contribution >= 4 is 11.8 Å². The standard InChI is InChI=1S/C18H28O4/c1-3-22-18(21)9-7-5-4-6-8-16(19)12-10-15-11-13-17(20)14(15)2/h10-16,19H,3-9H2,1-2H3/b12-10+/t14-,15+,16+/m1/s1. The highest BCUT2D eigenvalue weighted by Crippen LogP contribution is 2.23. The van der Waals surface area contributed by atoms with E-state index < -0.39 is 6.10 Å². The molecule has 0 aromatic heterocycles. The van der Waals surface area contributed by atoms with Crippen LogP contribution in [0, 0.1) is 11.8 Å². The molecule has 0 spiro atoms. The Morgan fingerprint density at radius 1 is 1.36 bits per heavy atom. The summed E-state index contributed by atoms with van der Waals surface area (Å²) in [5.74, 6) is 0.141. The van der Waals surface area contributed by atoms with Gasteiger partial charge in [-0.2, -0.15) is 0 Å². The van der Waals surface area contributed by atoms with Crippen molar-refractivity contribution in [1.29, 1.82) is 0 Å². The van der Waals surface area contributed by atoms with Crippen molar-refractivity contribution in [3.05, 3.63) is 24.3 Å². The number of allylic oxidation sites excluding steroid dienone is 3. The van der Waals surface area contributed by atoms with Gasteiger partial charge in [0, 0.05) is 18.3 Å². The van der Waals surface area contributed by atoms with Crippen LogP contribution in [0.15, 0.2) is 24.3 Å². The molecule has 0 unspecified atom stereocenters. The highest BCUT2D eigenvalue weighted by atomic mass is 16.5. The SMILES string of the molecule is CCOC(=O)CCCCCC[C@H](O)/C=C/[C@H]1C=CC(=O)[C@@H]1C. The largest absolute Gasteiger partial charge is 0.466 e. The lowest BCUT2D eigenvalue weighted by Crippen LogP contribution is -2.10. The molecule has 0 heterocycles. The van der Waals surface area contributed by atoms with Gasteiger partial charge in [0.2, 0.25) is 0 Å². The highest BCUT2D eigenvalue weighted by molar-refractivity contribution is 5.94. The van der Waals surface area contributed by atoms with Crippen molar-refractivity contribution in [3.63, 3.8) is 0 Å². The molecule has 3 atom stereocenters. The predicted molar refractivity (Wildman–Crippen MR) is 86.3 cm³/mol. The Morgan fingerprint density at radius 3 is 2.73 bits per heavy atom. The van der Waals surface area contributed by atoms with Crippen LogP contribution in [0.2, 0.25) is 0 Å². The van der Waals surface area contributed by atoms with E-state index in [1.165, 1.54) is 0 Å². The minimum absolute atomic E-state index is 0.00803. The highest BCUT2D eigenvalue weighted by Gasteiger charge is 2.23. The number of carbonyl (C=O) groups excluding carboxylic acids is 2. The molecule has 0 saturated carbocycles. The van der Waals surface area contributed by atoms with E-state index in [9.17, 15) is 14.7 Å². The molecule has 0 aromatic rings. The van der Waals surface area contributed by atoms with Crippen molar-refractivity contribution < 1.29 is 19.4 Å². The zero-order chi connectivity index (χ0) is 16.4. The quantitative estimate of drug-likeness (QED) is 0.382. The topological polar surface area (TPSA) is 63.6 Å². The molecule has 4 heteroatoms.